The molecule has 1 unspecified atom stereocenters. The average molecular weight is 517 g/mol. The Morgan fingerprint density at radius 2 is 2.07 bits per heavy atom. The first-order chi connectivity index (χ1) is 13.7. The summed E-state index contributed by atoms with van der Waals surface area (Å²) >= 11 is 0. The molecule has 2 aliphatic rings. The molecule has 164 valence electrons. The molecule has 1 heterocycles. The molecule has 0 radical (unpaired) electrons. The molecular formula is C22H36IN3O3. The fourth-order valence-electron chi connectivity index (χ4n) is 3.98. The Kier molecular flexibility index (Phi) is 10.3. The summed E-state index contributed by atoms with van der Waals surface area (Å²) in [6, 6.07) is 6.07. The second kappa shape index (κ2) is 12.5. The molecule has 1 saturated carbocycles. The SMILES string of the molecule is CCNC(=NCc1cccc(OC)c1OC1CCCC1)N(C)CC1CCOC1.I. The summed E-state index contributed by atoms with van der Waals surface area (Å²) in [5.74, 6) is 3.14. The van der Waals surface area contributed by atoms with E-state index in [0.29, 0.717) is 12.5 Å². The average Bonchev–Trinajstić information content (AvgIpc) is 3.40. The van der Waals surface area contributed by atoms with Gasteiger partial charge in [0.1, 0.15) is 0 Å². The quantitative estimate of drug-likeness (QED) is 0.320. The number of nitrogens with one attached hydrogen (secondary N) is 1. The van der Waals surface area contributed by atoms with E-state index in [9.17, 15) is 0 Å². The van der Waals surface area contributed by atoms with Gasteiger partial charge in [-0.05, 0) is 45.1 Å². The zero-order valence-corrected chi connectivity index (χ0v) is 20.3. The third-order valence-electron chi connectivity index (χ3n) is 5.52. The van der Waals surface area contributed by atoms with E-state index in [1.807, 2.05) is 12.1 Å². The Bertz CT molecular complexity index is 644. The van der Waals surface area contributed by atoms with E-state index in [4.69, 9.17) is 19.2 Å². The first kappa shape index (κ1) is 24.1. The van der Waals surface area contributed by atoms with Gasteiger partial charge in [0.05, 0.1) is 26.4 Å². The van der Waals surface area contributed by atoms with E-state index >= 15 is 0 Å². The number of methoxy groups -OCH3 is 1. The second-order valence-electron chi connectivity index (χ2n) is 7.75. The van der Waals surface area contributed by atoms with Crippen LogP contribution in [0, 0.1) is 5.92 Å². The number of guanidine groups is 1. The van der Waals surface area contributed by atoms with Crippen molar-refractivity contribution < 1.29 is 14.2 Å². The monoisotopic (exact) mass is 517 g/mol. The largest absolute Gasteiger partial charge is 0.493 e. The fraction of sp³-hybridized carbons (Fsp3) is 0.682. The minimum atomic E-state index is 0. The molecule has 1 aliphatic carbocycles. The first-order valence-corrected chi connectivity index (χ1v) is 10.6. The van der Waals surface area contributed by atoms with Crippen molar-refractivity contribution in [1.82, 2.24) is 10.2 Å². The van der Waals surface area contributed by atoms with Crippen LogP contribution < -0.4 is 14.8 Å². The summed E-state index contributed by atoms with van der Waals surface area (Å²) in [5.41, 5.74) is 1.07. The van der Waals surface area contributed by atoms with E-state index in [0.717, 1.165) is 68.6 Å². The number of aliphatic imine (C=N–C) groups is 1. The van der Waals surface area contributed by atoms with Gasteiger partial charge in [0.25, 0.3) is 0 Å². The smallest absolute Gasteiger partial charge is 0.193 e. The van der Waals surface area contributed by atoms with Crippen LogP contribution in [0.15, 0.2) is 23.2 Å². The van der Waals surface area contributed by atoms with Crippen molar-refractivity contribution in [3.8, 4) is 11.5 Å². The number of benzene rings is 1. The summed E-state index contributed by atoms with van der Waals surface area (Å²) in [5, 5.41) is 3.41. The lowest BCUT2D eigenvalue weighted by Crippen LogP contribution is -2.41. The summed E-state index contributed by atoms with van der Waals surface area (Å²) in [6.07, 6.45) is 6.14. The van der Waals surface area contributed by atoms with Crippen LogP contribution in [0.4, 0.5) is 0 Å². The molecule has 7 heteroatoms. The highest BCUT2D eigenvalue weighted by Crippen LogP contribution is 2.35. The number of para-hydroxylation sites is 1. The molecule has 1 aromatic carbocycles. The molecule has 0 amide bonds. The Labute approximate surface area is 192 Å². The van der Waals surface area contributed by atoms with Gasteiger partial charge in [0.15, 0.2) is 17.5 Å². The van der Waals surface area contributed by atoms with Crippen molar-refractivity contribution in [2.75, 3.05) is 40.5 Å². The van der Waals surface area contributed by atoms with Gasteiger partial charge in [-0.3, -0.25) is 0 Å². The summed E-state index contributed by atoms with van der Waals surface area (Å²) in [6.45, 7) is 6.18. The number of ether oxygens (including phenoxy) is 3. The van der Waals surface area contributed by atoms with Gasteiger partial charge >= 0.3 is 0 Å². The standard InChI is InChI=1S/C22H35N3O3.HI/c1-4-23-22(25(2)15-17-12-13-27-16-17)24-14-18-8-7-11-20(26-3)21(18)28-19-9-5-6-10-19;/h7-8,11,17,19H,4-6,9-10,12-16H2,1-3H3,(H,23,24);1H. The molecule has 3 rings (SSSR count). The fourth-order valence-corrected chi connectivity index (χ4v) is 3.98. The van der Waals surface area contributed by atoms with Crippen LogP contribution in [0.3, 0.4) is 0 Å². The maximum absolute atomic E-state index is 6.34. The molecule has 1 atom stereocenters. The Morgan fingerprint density at radius 1 is 1.28 bits per heavy atom. The van der Waals surface area contributed by atoms with E-state index in [1.165, 1.54) is 12.8 Å². The van der Waals surface area contributed by atoms with Crippen LogP contribution >= 0.6 is 24.0 Å². The highest BCUT2D eigenvalue weighted by Gasteiger charge is 2.21. The predicted molar refractivity (Wildman–Crippen MR) is 128 cm³/mol. The zero-order chi connectivity index (χ0) is 19.8. The van der Waals surface area contributed by atoms with Crippen LogP contribution in [0.25, 0.3) is 0 Å². The molecule has 1 saturated heterocycles. The Hall–Kier alpha value is -1.22. The lowest BCUT2D eigenvalue weighted by atomic mass is 10.1. The summed E-state index contributed by atoms with van der Waals surface area (Å²) < 4.78 is 17.4. The molecule has 6 nitrogen and oxygen atoms in total. The highest BCUT2D eigenvalue weighted by atomic mass is 127. The normalized spacial score (nSPS) is 19.7. The second-order valence-corrected chi connectivity index (χ2v) is 7.75. The van der Waals surface area contributed by atoms with Crippen molar-refractivity contribution in [3.63, 3.8) is 0 Å². The number of rotatable bonds is 8. The molecule has 1 aromatic rings. The molecule has 0 spiro atoms. The van der Waals surface area contributed by atoms with Crippen LogP contribution in [0.2, 0.25) is 0 Å². The number of nitrogens with zero attached hydrogens (tertiary/aromatic N) is 2. The molecule has 1 N–H and O–H groups in total. The molecule has 0 aromatic heterocycles. The van der Waals surface area contributed by atoms with Crippen molar-refractivity contribution >= 4 is 29.9 Å². The van der Waals surface area contributed by atoms with Gasteiger partial charge < -0.3 is 24.4 Å². The van der Waals surface area contributed by atoms with Gasteiger partial charge in [0.2, 0.25) is 0 Å². The van der Waals surface area contributed by atoms with Gasteiger partial charge in [0, 0.05) is 38.2 Å². The van der Waals surface area contributed by atoms with E-state index in [1.54, 1.807) is 7.11 Å². The van der Waals surface area contributed by atoms with Crippen LogP contribution in [-0.4, -0.2) is 57.4 Å². The van der Waals surface area contributed by atoms with E-state index < -0.39 is 0 Å². The Balaban J connectivity index is 0.00000300. The number of hydrogen-bond acceptors (Lipinski definition) is 4. The predicted octanol–water partition coefficient (Wildman–Crippen LogP) is 4.07. The first-order valence-electron chi connectivity index (χ1n) is 10.6. The van der Waals surface area contributed by atoms with E-state index in [2.05, 4.69) is 30.3 Å². The maximum atomic E-state index is 6.34. The van der Waals surface area contributed by atoms with Crippen LogP contribution in [0.1, 0.15) is 44.6 Å². The van der Waals surface area contributed by atoms with E-state index in [-0.39, 0.29) is 30.1 Å². The third kappa shape index (κ3) is 6.91. The lowest BCUT2D eigenvalue weighted by Gasteiger charge is -2.25. The van der Waals surface area contributed by atoms with Gasteiger partial charge in [-0.15, -0.1) is 24.0 Å². The highest BCUT2D eigenvalue weighted by molar-refractivity contribution is 14.0. The summed E-state index contributed by atoms with van der Waals surface area (Å²) in [4.78, 5) is 7.10. The Morgan fingerprint density at radius 3 is 2.72 bits per heavy atom. The number of hydrogen-bond donors (Lipinski definition) is 1. The minimum absolute atomic E-state index is 0. The summed E-state index contributed by atoms with van der Waals surface area (Å²) in [7, 11) is 3.80. The molecular weight excluding hydrogens is 481 g/mol. The van der Waals surface area contributed by atoms with Crippen molar-refractivity contribution in [3.05, 3.63) is 23.8 Å². The van der Waals surface area contributed by atoms with Crippen molar-refractivity contribution in [2.24, 2.45) is 10.9 Å². The van der Waals surface area contributed by atoms with Crippen molar-refractivity contribution in [1.29, 1.82) is 0 Å². The van der Waals surface area contributed by atoms with Gasteiger partial charge in [-0.25, -0.2) is 4.99 Å². The number of halogens is 1. The maximum Gasteiger partial charge on any atom is 0.193 e. The molecule has 1 aliphatic heterocycles. The van der Waals surface area contributed by atoms with Crippen LogP contribution in [0.5, 0.6) is 11.5 Å². The van der Waals surface area contributed by atoms with Gasteiger partial charge in [-0.2, -0.15) is 0 Å². The van der Waals surface area contributed by atoms with Gasteiger partial charge in [-0.1, -0.05) is 12.1 Å². The zero-order valence-electron chi connectivity index (χ0n) is 18.0. The minimum Gasteiger partial charge on any atom is -0.493 e. The molecule has 0 bridgehead atoms. The van der Waals surface area contributed by atoms with Crippen LogP contribution in [-0.2, 0) is 11.3 Å². The lowest BCUT2D eigenvalue weighted by molar-refractivity contribution is 0.181. The topological polar surface area (TPSA) is 55.3 Å². The molecule has 2 fully saturated rings. The van der Waals surface area contributed by atoms with Crippen molar-refractivity contribution in [2.45, 2.75) is 51.7 Å². The molecule has 29 heavy (non-hydrogen) atoms. The third-order valence-corrected chi connectivity index (χ3v) is 5.52.